The Bertz CT molecular complexity index is 1050. The first-order valence-electron chi connectivity index (χ1n) is 9.07. The van der Waals surface area contributed by atoms with E-state index in [4.69, 9.17) is 9.47 Å². The van der Waals surface area contributed by atoms with Crippen molar-refractivity contribution in [3.63, 3.8) is 0 Å². The number of para-hydroxylation sites is 3. The topological polar surface area (TPSA) is 55.8 Å². The molecule has 1 aliphatic rings. The first-order valence-corrected chi connectivity index (χ1v) is 10.5. The molecule has 0 fully saturated rings. The molecule has 0 radical (unpaired) electrons. The maximum absolute atomic E-state index is 13.3. The number of sulfonamides is 1. The summed E-state index contributed by atoms with van der Waals surface area (Å²) in [6.45, 7) is 2.36. The lowest BCUT2D eigenvalue weighted by Gasteiger charge is -2.35. The third-order valence-electron chi connectivity index (χ3n) is 4.59. The van der Waals surface area contributed by atoms with Crippen LogP contribution < -0.4 is 13.8 Å². The van der Waals surface area contributed by atoms with Gasteiger partial charge in [-0.3, -0.25) is 4.31 Å². The summed E-state index contributed by atoms with van der Waals surface area (Å²) in [6.07, 6.45) is -0.421. The zero-order valence-corrected chi connectivity index (χ0v) is 16.3. The van der Waals surface area contributed by atoms with E-state index in [9.17, 15) is 8.42 Å². The van der Waals surface area contributed by atoms with Crippen LogP contribution in [0.25, 0.3) is 0 Å². The predicted octanol–water partition coefficient (Wildman–Crippen LogP) is 4.03. The molecule has 0 saturated heterocycles. The third-order valence-corrected chi connectivity index (χ3v) is 6.38. The van der Waals surface area contributed by atoms with E-state index >= 15 is 0 Å². The number of aryl methyl sites for hydroxylation is 1. The van der Waals surface area contributed by atoms with E-state index in [-0.39, 0.29) is 18.0 Å². The Morgan fingerprint density at radius 3 is 2.39 bits per heavy atom. The van der Waals surface area contributed by atoms with Crippen molar-refractivity contribution in [3.05, 3.63) is 84.4 Å². The molecule has 0 aliphatic carbocycles. The normalized spacial score (nSPS) is 16.2. The van der Waals surface area contributed by atoms with Gasteiger partial charge in [0.05, 0.1) is 17.1 Å². The molecule has 6 heteroatoms. The highest BCUT2D eigenvalue weighted by Crippen LogP contribution is 2.36. The molecule has 0 aromatic heterocycles. The van der Waals surface area contributed by atoms with Crippen LogP contribution in [0.2, 0.25) is 0 Å². The number of fused-ring (bicyclic) bond motifs is 1. The first kappa shape index (κ1) is 18.4. The molecule has 1 aliphatic heterocycles. The number of rotatable bonds is 5. The predicted molar refractivity (Wildman–Crippen MR) is 109 cm³/mol. The van der Waals surface area contributed by atoms with Gasteiger partial charge in [0.15, 0.2) is 6.10 Å². The van der Waals surface area contributed by atoms with Gasteiger partial charge in [-0.05, 0) is 43.3 Å². The molecule has 144 valence electrons. The largest absolute Gasteiger partial charge is 0.490 e. The van der Waals surface area contributed by atoms with Gasteiger partial charge in [0.25, 0.3) is 10.0 Å². The third kappa shape index (κ3) is 3.68. The van der Waals surface area contributed by atoms with E-state index in [2.05, 4.69) is 0 Å². The van der Waals surface area contributed by atoms with Crippen molar-refractivity contribution in [2.24, 2.45) is 0 Å². The second-order valence-electron chi connectivity index (χ2n) is 6.68. The maximum atomic E-state index is 13.3. The van der Waals surface area contributed by atoms with E-state index < -0.39 is 16.1 Å². The van der Waals surface area contributed by atoms with Crippen molar-refractivity contribution in [2.75, 3.05) is 17.5 Å². The summed E-state index contributed by atoms with van der Waals surface area (Å²) in [4.78, 5) is 0.262. The first-order chi connectivity index (χ1) is 13.5. The summed E-state index contributed by atoms with van der Waals surface area (Å²) in [5, 5.41) is 0. The average Bonchev–Trinajstić information content (AvgIpc) is 2.72. The Labute approximate surface area is 165 Å². The molecule has 3 aromatic carbocycles. The number of ether oxygens (including phenoxy) is 2. The molecule has 1 atom stereocenters. The Kier molecular flexibility index (Phi) is 4.96. The standard InChI is InChI=1S/C22H21NO4S/c1-17-11-13-20(14-12-17)28(24,25)23-15-19(16-26-18-7-3-2-4-8-18)27-22-10-6-5-9-21(22)23/h2-14,19H,15-16H2,1H3. The van der Waals surface area contributed by atoms with Gasteiger partial charge in [0.1, 0.15) is 18.1 Å². The Morgan fingerprint density at radius 1 is 0.964 bits per heavy atom. The minimum absolute atomic E-state index is 0.181. The van der Waals surface area contributed by atoms with Crippen molar-refractivity contribution in [2.45, 2.75) is 17.9 Å². The Morgan fingerprint density at radius 2 is 1.64 bits per heavy atom. The van der Waals surface area contributed by atoms with Gasteiger partial charge in [-0.2, -0.15) is 0 Å². The van der Waals surface area contributed by atoms with Crippen LogP contribution in [0.5, 0.6) is 11.5 Å². The van der Waals surface area contributed by atoms with Gasteiger partial charge in [-0.25, -0.2) is 8.42 Å². The number of anilines is 1. The van der Waals surface area contributed by atoms with E-state index in [1.165, 1.54) is 4.31 Å². The summed E-state index contributed by atoms with van der Waals surface area (Å²) >= 11 is 0. The summed E-state index contributed by atoms with van der Waals surface area (Å²) < 4.78 is 39.8. The van der Waals surface area contributed by atoms with Crippen LogP contribution in [-0.2, 0) is 10.0 Å². The van der Waals surface area contributed by atoms with E-state index in [0.29, 0.717) is 11.4 Å². The summed E-state index contributed by atoms with van der Waals surface area (Å²) in [7, 11) is -3.71. The van der Waals surface area contributed by atoms with E-state index in [0.717, 1.165) is 11.3 Å². The summed E-state index contributed by atoms with van der Waals surface area (Å²) in [6, 6.07) is 23.5. The molecule has 4 rings (SSSR count). The van der Waals surface area contributed by atoms with Crippen molar-refractivity contribution < 1.29 is 17.9 Å². The second-order valence-corrected chi connectivity index (χ2v) is 8.54. The van der Waals surface area contributed by atoms with Gasteiger partial charge in [0.2, 0.25) is 0 Å². The van der Waals surface area contributed by atoms with Crippen LogP contribution >= 0.6 is 0 Å². The zero-order valence-electron chi connectivity index (χ0n) is 15.5. The molecule has 5 nitrogen and oxygen atoms in total. The molecule has 0 spiro atoms. The molecule has 1 unspecified atom stereocenters. The van der Waals surface area contributed by atoms with Gasteiger partial charge >= 0.3 is 0 Å². The SMILES string of the molecule is Cc1ccc(S(=O)(=O)N2CC(COc3ccccc3)Oc3ccccc32)cc1. The number of hydrogen-bond acceptors (Lipinski definition) is 4. The molecule has 0 N–H and O–H groups in total. The minimum Gasteiger partial charge on any atom is -0.490 e. The Hall–Kier alpha value is -2.99. The average molecular weight is 395 g/mol. The fraction of sp³-hybridized carbons (Fsp3) is 0.182. The highest BCUT2D eigenvalue weighted by Gasteiger charge is 2.34. The quantitative estimate of drug-likeness (QED) is 0.655. The van der Waals surface area contributed by atoms with Crippen molar-refractivity contribution in [3.8, 4) is 11.5 Å². The monoisotopic (exact) mass is 395 g/mol. The van der Waals surface area contributed by atoms with Gasteiger partial charge in [-0.15, -0.1) is 0 Å². The van der Waals surface area contributed by atoms with Gasteiger partial charge < -0.3 is 9.47 Å². The van der Waals surface area contributed by atoms with Crippen LogP contribution in [0.4, 0.5) is 5.69 Å². The molecule has 1 heterocycles. The smallest absolute Gasteiger partial charge is 0.264 e. The Balaban J connectivity index is 1.63. The van der Waals surface area contributed by atoms with Crippen molar-refractivity contribution in [1.82, 2.24) is 0 Å². The molecule has 0 bridgehead atoms. The molecule has 28 heavy (non-hydrogen) atoms. The fourth-order valence-corrected chi connectivity index (χ4v) is 4.63. The highest BCUT2D eigenvalue weighted by atomic mass is 32.2. The fourth-order valence-electron chi connectivity index (χ4n) is 3.12. The minimum atomic E-state index is -3.71. The summed E-state index contributed by atoms with van der Waals surface area (Å²) in [5.74, 6) is 1.25. The molecule has 0 amide bonds. The molecule has 3 aromatic rings. The van der Waals surface area contributed by atoms with Crippen molar-refractivity contribution in [1.29, 1.82) is 0 Å². The lowest BCUT2D eigenvalue weighted by atomic mass is 10.2. The number of hydrogen-bond donors (Lipinski definition) is 0. The van der Waals surface area contributed by atoms with Crippen LogP contribution in [-0.4, -0.2) is 27.7 Å². The number of benzene rings is 3. The van der Waals surface area contributed by atoms with Gasteiger partial charge in [0, 0.05) is 0 Å². The maximum Gasteiger partial charge on any atom is 0.264 e. The van der Waals surface area contributed by atoms with E-state index in [1.807, 2.05) is 43.3 Å². The van der Waals surface area contributed by atoms with Crippen LogP contribution in [0.1, 0.15) is 5.56 Å². The van der Waals surface area contributed by atoms with Crippen LogP contribution in [0.3, 0.4) is 0 Å². The van der Waals surface area contributed by atoms with Crippen LogP contribution in [0.15, 0.2) is 83.8 Å². The lowest BCUT2D eigenvalue weighted by molar-refractivity contribution is 0.128. The van der Waals surface area contributed by atoms with Crippen LogP contribution in [0, 0.1) is 6.92 Å². The molecular weight excluding hydrogens is 374 g/mol. The highest BCUT2D eigenvalue weighted by molar-refractivity contribution is 7.92. The zero-order chi connectivity index (χ0) is 19.6. The number of nitrogens with zero attached hydrogens (tertiary/aromatic N) is 1. The van der Waals surface area contributed by atoms with E-state index in [1.54, 1.807) is 42.5 Å². The molecular formula is C22H21NO4S. The molecule has 0 saturated carbocycles. The second kappa shape index (κ2) is 7.56. The van der Waals surface area contributed by atoms with Crippen molar-refractivity contribution >= 4 is 15.7 Å². The summed E-state index contributed by atoms with van der Waals surface area (Å²) in [5.41, 5.74) is 1.55. The van der Waals surface area contributed by atoms with Gasteiger partial charge in [-0.1, -0.05) is 48.0 Å². The lowest BCUT2D eigenvalue weighted by Crippen LogP contribution is -2.45.